The zero-order valence-electron chi connectivity index (χ0n) is 8.53. The van der Waals surface area contributed by atoms with Crippen LogP contribution in [0, 0.1) is 0 Å². The predicted molar refractivity (Wildman–Crippen MR) is 60.1 cm³/mol. The van der Waals surface area contributed by atoms with Crippen LogP contribution < -0.4 is 5.32 Å². The summed E-state index contributed by atoms with van der Waals surface area (Å²) in [6.45, 7) is 1.85. The van der Waals surface area contributed by atoms with Crippen LogP contribution in [0.15, 0.2) is 24.3 Å². The van der Waals surface area contributed by atoms with Crippen molar-refractivity contribution in [2.75, 3.05) is 6.61 Å². The van der Waals surface area contributed by atoms with Crippen molar-refractivity contribution >= 4 is 17.5 Å². The van der Waals surface area contributed by atoms with Gasteiger partial charge in [-0.3, -0.25) is 4.79 Å². The number of rotatable bonds is 4. The van der Waals surface area contributed by atoms with Crippen LogP contribution in [0.5, 0.6) is 0 Å². The number of nitrogens with one attached hydrogen (secondary N) is 1. The molecule has 0 unspecified atom stereocenters. The van der Waals surface area contributed by atoms with Gasteiger partial charge >= 0.3 is 0 Å². The molecule has 0 saturated carbocycles. The Labute approximate surface area is 94.1 Å². The second-order valence-corrected chi connectivity index (χ2v) is 3.71. The standard InChI is InChI=1S/C11H14ClNO2/c1-2-10(7-14)13-11(15)8-4-3-5-9(12)6-8/h3-6,10,14H,2,7H2,1H3,(H,13,15)/t10-/m1/s1. The van der Waals surface area contributed by atoms with Crippen molar-refractivity contribution in [1.82, 2.24) is 5.32 Å². The first-order valence-corrected chi connectivity index (χ1v) is 5.22. The van der Waals surface area contributed by atoms with Crippen LogP contribution in [-0.4, -0.2) is 23.7 Å². The summed E-state index contributed by atoms with van der Waals surface area (Å²) in [5.41, 5.74) is 0.509. The third kappa shape index (κ3) is 3.53. The van der Waals surface area contributed by atoms with Crippen LogP contribution in [0.25, 0.3) is 0 Å². The maximum Gasteiger partial charge on any atom is 0.251 e. The molecule has 0 aliphatic heterocycles. The molecule has 0 aromatic heterocycles. The SMILES string of the molecule is CC[C@H](CO)NC(=O)c1cccc(Cl)c1. The molecule has 1 aromatic rings. The van der Waals surface area contributed by atoms with Gasteiger partial charge in [-0.25, -0.2) is 0 Å². The second kappa shape index (κ2) is 5.73. The molecule has 1 aromatic carbocycles. The molecule has 0 fully saturated rings. The Hall–Kier alpha value is -1.06. The van der Waals surface area contributed by atoms with E-state index in [1.165, 1.54) is 0 Å². The van der Waals surface area contributed by atoms with Gasteiger partial charge in [0.2, 0.25) is 0 Å². The molecule has 82 valence electrons. The minimum absolute atomic E-state index is 0.0528. The van der Waals surface area contributed by atoms with Gasteiger partial charge in [-0.1, -0.05) is 24.6 Å². The number of carbonyl (C=O) groups excluding carboxylic acids is 1. The molecule has 0 aliphatic rings. The third-order valence-corrected chi connectivity index (χ3v) is 2.37. The number of carbonyl (C=O) groups is 1. The molecule has 1 amide bonds. The van der Waals surface area contributed by atoms with Crippen LogP contribution in [0.2, 0.25) is 5.02 Å². The van der Waals surface area contributed by atoms with Crippen LogP contribution in [-0.2, 0) is 0 Å². The highest BCUT2D eigenvalue weighted by Gasteiger charge is 2.10. The van der Waals surface area contributed by atoms with Gasteiger partial charge in [0.15, 0.2) is 0 Å². The molecule has 15 heavy (non-hydrogen) atoms. The fraction of sp³-hybridized carbons (Fsp3) is 0.364. The maximum atomic E-state index is 11.6. The van der Waals surface area contributed by atoms with Crippen molar-refractivity contribution in [3.05, 3.63) is 34.9 Å². The van der Waals surface area contributed by atoms with Crippen LogP contribution in [0.3, 0.4) is 0 Å². The Balaban J connectivity index is 2.68. The largest absolute Gasteiger partial charge is 0.394 e. The van der Waals surface area contributed by atoms with E-state index in [2.05, 4.69) is 5.32 Å². The molecule has 0 aliphatic carbocycles. The highest BCUT2D eigenvalue weighted by Crippen LogP contribution is 2.10. The Morgan fingerprint density at radius 1 is 1.60 bits per heavy atom. The van der Waals surface area contributed by atoms with Gasteiger partial charge in [-0.15, -0.1) is 0 Å². The van der Waals surface area contributed by atoms with Crippen molar-refractivity contribution in [3.63, 3.8) is 0 Å². The number of benzene rings is 1. The first kappa shape index (κ1) is 12.0. The van der Waals surface area contributed by atoms with Gasteiger partial charge in [0.25, 0.3) is 5.91 Å². The van der Waals surface area contributed by atoms with Crippen molar-refractivity contribution < 1.29 is 9.90 Å². The van der Waals surface area contributed by atoms with Gasteiger partial charge < -0.3 is 10.4 Å². The fourth-order valence-electron chi connectivity index (χ4n) is 1.18. The number of halogens is 1. The van der Waals surface area contributed by atoms with Crippen molar-refractivity contribution in [2.45, 2.75) is 19.4 Å². The number of hydrogen-bond donors (Lipinski definition) is 2. The van der Waals surface area contributed by atoms with E-state index in [1.807, 2.05) is 6.92 Å². The first-order valence-electron chi connectivity index (χ1n) is 4.84. The van der Waals surface area contributed by atoms with Crippen LogP contribution in [0.4, 0.5) is 0 Å². The summed E-state index contributed by atoms with van der Waals surface area (Å²) in [6.07, 6.45) is 0.697. The lowest BCUT2D eigenvalue weighted by molar-refractivity contribution is 0.0915. The minimum Gasteiger partial charge on any atom is -0.394 e. The number of aliphatic hydroxyl groups is 1. The monoisotopic (exact) mass is 227 g/mol. The molecule has 0 heterocycles. The third-order valence-electron chi connectivity index (χ3n) is 2.14. The molecule has 3 nitrogen and oxygen atoms in total. The van der Waals surface area contributed by atoms with Crippen LogP contribution >= 0.6 is 11.6 Å². The van der Waals surface area contributed by atoms with Gasteiger partial charge in [-0.2, -0.15) is 0 Å². The molecular weight excluding hydrogens is 214 g/mol. The molecule has 0 bridgehead atoms. The molecule has 0 saturated heterocycles. The lowest BCUT2D eigenvalue weighted by Crippen LogP contribution is -2.36. The van der Waals surface area contributed by atoms with E-state index in [-0.39, 0.29) is 18.6 Å². The van der Waals surface area contributed by atoms with E-state index in [1.54, 1.807) is 24.3 Å². The smallest absolute Gasteiger partial charge is 0.251 e. The average molecular weight is 228 g/mol. The van der Waals surface area contributed by atoms with E-state index in [9.17, 15) is 4.79 Å². The summed E-state index contributed by atoms with van der Waals surface area (Å²) >= 11 is 5.76. The number of hydrogen-bond acceptors (Lipinski definition) is 2. The molecule has 0 radical (unpaired) electrons. The maximum absolute atomic E-state index is 11.6. The summed E-state index contributed by atoms with van der Waals surface area (Å²) in [6, 6.07) is 6.52. The summed E-state index contributed by atoms with van der Waals surface area (Å²) in [4.78, 5) is 11.6. The average Bonchev–Trinajstić information content (AvgIpc) is 2.25. The van der Waals surface area contributed by atoms with Crippen molar-refractivity contribution in [2.24, 2.45) is 0 Å². The van der Waals surface area contributed by atoms with Gasteiger partial charge in [0, 0.05) is 10.6 Å². The zero-order valence-corrected chi connectivity index (χ0v) is 9.29. The zero-order chi connectivity index (χ0) is 11.3. The normalized spacial score (nSPS) is 12.2. The molecular formula is C11H14ClNO2. The molecule has 1 rings (SSSR count). The predicted octanol–water partition coefficient (Wildman–Crippen LogP) is 1.84. The highest BCUT2D eigenvalue weighted by atomic mass is 35.5. The highest BCUT2D eigenvalue weighted by molar-refractivity contribution is 6.30. The fourth-order valence-corrected chi connectivity index (χ4v) is 1.37. The van der Waals surface area contributed by atoms with E-state index < -0.39 is 0 Å². The van der Waals surface area contributed by atoms with Crippen LogP contribution in [0.1, 0.15) is 23.7 Å². The lowest BCUT2D eigenvalue weighted by atomic mass is 10.2. The van der Waals surface area contributed by atoms with Gasteiger partial charge in [0.1, 0.15) is 0 Å². The topological polar surface area (TPSA) is 49.3 Å². The first-order chi connectivity index (χ1) is 7.17. The van der Waals surface area contributed by atoms with E-state index in [0.29, 0.717) is 17.0 Å². The Bertz CT molecular complexity index is 337. The summed E-state index contributed by atoms with van der Waals surface area (Å²) in [7, 11) is 0. The molecule has 2 N–H and O–H groups in total. The van der Waals surface area contributed by atoms with Gasteiger partial charge in [0.05, 0.1) is 12.6 Å². The van der Waals surface area contributed by atoms with E-state index >= 15 is 0 Å². The Morgan fingerprint density at radius 2 is 2.33 bits per heavy atom. The summed E-state index contributed by atoms with van der Waals surface area (Å²) in [5, 5.41) is 12.2. The number of amides is 1. The van der Waals surface area contributed by atoms with Gasteiger partial charge in [-0.05, 0) is 24.6 Å². The summed E-state index contributed by atoms with van der Waals surface area (Å²) < 4.78 is 0. The summed E-state index contributed by atoms with van der Waals surface area (Å²) in [5.74, 6) is -0.210. The Morgan fingerprint density at radius 3 is 2.87 bits per heavy atom. The molecule has 0 spiro atoms. The molecule has 1 atom stereocenters. The Kier molecular flexibility index (Phi) is 4.59. The quantitative estimate of drug-likeness (QED) is 0.825. The molecule has 4 heteroatoms. The van der Waals surface area contributed by atoms with E-state index in [4.69, 9.17) is 16.7 Å². The lowest BCUT2D eigenvalue weighted by Gasteiger charge is -2.13. The minimum atomic E-state index is -0.210. The van der Waals surface area contributed by atoms with E-state index in [0.717, 1.165) is 0 Å². The van der Waals surface area contributed by atoms with Crippen molar-refractivity contribution in [1.29, 1.82) is 0 Å². The number of aliphatic hydroxyl groups excluding tert-OH is 1. The van der Waals surface area contributed by atoms with Crippen molar-refractivity contribution in [3.8, 4) is 0 Å². The second-order valence-electron chi connectivity index (χ2n) is 3.27.